The minimum absolute atomic E-state index is 0.00782. The van der Waals surface area contributed by atoms with Gasteiger partial charge in [-0.2, -0.15) is 0 Å². The Bertz CT molecular complexity index is 1010. The van der Waals surface area contributed by atoms with Gasteiger partial charge in [-0.15, -0.1) is 10.2 Å². The van der Waals surface area contributed by atoms with Crippen LogP contribution in [0.1, 0.15) is 31.5 Å². The van der Waals surface area contributed by atoms with E-state index >= 15 is 0 Å². The van der Waals surface area contributed by atoms with Crippen LogP contribution in [0.2, 0.25) is 0 Å². The van der Waals surface area contributed by atoms with Gasteiger partial charge in [0.05, 0.1) is 0 Å². The summed E-state index contributed by atoms with van der Waals surface area (Å²) in [6.07, 6.45) is 2.79. The number of para-hydroxylation sites is 2. The Morgan fingerprint density at radius 3 is 2.50 bits per heavy atom. The third-order valence-corrected chi connectivity index (χ3v) is 5.60. The highest BCUT2D eigenvalue weighted by Gasteiger charge is 2.38. The lowest BCUT2D eigenvalue weighted by molar-refractivity contribution is -0.145. The molecule has 28 heavy (non-hydrogen) atoms. The van der Waals surface area contributed by atoms with E-state index in [1.807, 2.05) is 64.9 Å². The molecule has 7 heteroatoms. The van der Waals surface area contributed by atoms with Crippen LogP contribution in [0.3, 0.4) is 0 Å². The van der Waals surface area contributed by atoms with Crippen LogP contribution >= 0.6 is 0 Å². The zero-order chi connectivity index (χ0) is 19.1. The molecule has 4 heterocycles. The number of hydrogen-bond acceptors (Lipinski definition) is 5. The summed E-state index contributed by atoms with van der Waals surface area (Å²) >= 11 is 0. The molecule has 0 N–H and O–H groups in total. The highest BCUT2D eigenvalue weighted by atomic mass is 16.6. The molecule has 2 aromatic heterocycles. The van der Waals surface area contributed by atoms with Crippen molar-refractivity contribution in [2.75, 3.05) is 13.1 Å². The molecule has 3 aromatic rings. The number of piperidine rings is 1. The highest BCUT2D eigenvalue weighted by Crippen LogP contribution is 2.35. The number of benzene rings is 1. The zero-order valence-corrected chi connectivity index (χ0v) is 15.7. The molecule has 2 atom stereocenters. The average molecular weight is 378 g/mol. The van der Waals surface area contributed by atoms with Gasteiger partial charge in [-0.05, 0) is 44.0 Å². The van der Waals surface area contributed by atoms with Gasteiger partial charge in [0, 0.05) is 25.2 Å². The van der Waals surface area contributed by atoms with Gasteiger partial charge in [0.15, 0.2) is 17.1 Å². The Morgan fingerprint density at radius 2 is 1.71 bits per heavy atom. The highest BCUT2D eigenvalue weighted by molar-refractivity contribution is 5.82. The molecule has 5 rings (SSSR count). The van der Waals surface area contributed by atoms with E-state index in [-0.39, 0.29) is 12.0 Å². The number of hydrogen-bond donors (Lipinski definition) is 0. The summed E-state index contributed by atoms with van der Waals surface area (Å²) in [6.45, 7) is 3.24. The van der Waals surface area contributed by atoms with Gasteiger partial charge in [-0.1, -0.05) is 18.2 Å². The first kappa shape index (κ1) is 17.0. The number of pyridine rings is 1. The van der Waals surface area contributed by atoms with Gasteiger partial charge in [-0.25, -0.2) is 0 Å². The molecule has 1 saturated heterocycles. The van der Waals surface area contributed by atoms with Crippen molar-refractivity contribution >= 4 is 11.6 Å². The smallest absolute Gasteiger partial charge is 0.267 e. The van der Waals surface area contributed by atoms with Crippen molar-refractivity contribution in [2.45, 2.75) is 37.9 Å². The van der Waals surface area contributed by atoms with Crippen molar-refractivity contribution in [2.24, 2.45) is 0 Å². The predicted octanol–water partition coefficient (Wildman–Crippen LogP) is 2.66. The molecular formula is C21H22N4O3. The van der Waals surface area contributed by atoms with E-state index in [2.05, 4.69) is 10.2 Å². The number of likely N-dealkylation sites (tertiary alicyclic amines) is 1. The van der Waals surface area contributed by atoms with Crippen LogP contribution in [-0.4, -0.2) is 50.7 Å². The molecule has 1 fully saturated rings. The largest absolute Gasteiger partial charge is 0.482 e. The first-order valence-electron chi connectivity index (χ1n) is 9.71. The van der Waals surface area contributed by atoms with Crippen molar-refractivity contribution in [3.63, 3.8) is 0 Å². The number of amides is 1. The maximum atomic E-state index is 13.1. The molecule has 144 valence electrons. The van der Waals surface area contributed by atoms with E-state index in [1.54, 1.807) is 0 Å². The van der Waals surface area contributed by atoms with E-state index in [0.717, 1.165) is 24.3 Å². The average Bonchev–Trinajstić information content (AvgIpc) is 3.17. The summed E-state index contributed by atoms with van der Waals surface area (Å²) in [5, 5.41) is 8.63. The van der Waals surface area contributed by atoms with Crippen LogP contribution < -0.4 is 9.47 Å². The molecule has 0 aliphatic carbocycles. The summed E-state index contributed by atoms with van der Waals surface area (Å²) in [4.78, 5) is 15.0. The van der Waals surface area contributed by atoms with Crippen molar-refractivity contribution < 1.29 is 14.3 Å². The lowest BCUT2D eigenvalue weighted by Gasteiger charge is -2.37. The molecule has 0 bridgehead atoms. The second-order valence-corrected chi connectivity index (χ2v) is 7.39. The molecular weight excluding hydrogens is 356 g/mol. The molecule has 2 aliphatic heterocycles. The van der Waals surface area contributed by atoms with Crippen LogP contribution in [0.25, 0.3) is 5.65 Å². The number of rotatable bonds is 2. The number of carbonyl (C=O) groups is 1. The number of carbonyl (C=O) groups excluding carboxylic acids is 1. The van der Waals surface area contributed by atoms with Crippen molar-refractivity contribution in [3.05, 3.63) is 54.5 Å². The number of nitrogens with zero attached hydrogens (tertiary/aromatic N) is 4. The first-order valence-corrected chi connectivity index (χ1v) is 9.71. The second-order valence-electron chi connectivity index (χ2n) is 7.39. The summed E-state index contributed by atoms with van der Waals surface area (Å²) in [6, 6.07) is 13.4. The lowest BCUT2D eigenvalue weighted by atomic mass is 9.95. The molecule has 7 nitrogen and oxygen atoms in total. The van der Waals surface area contributed by atoms with E-state index in [4.69, 9.17) is 9.47 Å². The van der Waals surface area contributed by atoms with Crippen LogP contribution in [0, 0.1) is 0 Å². The number of fused-ring (bicyclic) bond motifs is 2. The fraction of sp³-hybridized carbons (Fsp3) is 0.381. The van der Waals surface area contributed by atoms with Crippen LogP contribution in [0.5, 0.6) is 11.5 Å². The van der Waals surface area contributed by atoms with Gasteiger partial charge in [0.25, 0.3) is 5.91 Å². The van der Waals surface area contributed by atoms with Crippen molar-refractivity contribution in [1.82, 2.24) is 19.5 Å². The topological polar surface area (TPSA) is 69.0 Å². The Balaban J connectivity index is 1.27. The lowest BCUT2D eigenvalue weighted by Crippen LogP contribution is -2.52. The molecule has 1 amide bonds. The molecule has 1 aromatic carbocycles. The van der Waals surface area contributed by atoms with Gasteiger partial charge < -0.3 is 14.4 Å². The maximum absolute atomic E-state index is 13.1. The molecule has 2 unspecified atom stereocenters. The number of ether oxygens (including phenoxy) is 2. The van der Waals surface area contributed by atoms with Crippen molar-refractivity contribution in [1.29, 1.82) is 0 Å². The Hall–Kier alpha value is -3.09. The zero-order valence-electron chi connectivity index (χ0n) is 15.7. The summed E-state index contributed by atoms with van der Waals surface area (Å²) in [5.41, 5.74) is 0.858. The summed E-state index contributed by atoms with van der Waals surface area (Å²) in [5.74, 6) is 2.58. The van der Waals surface area contributed by atoms with Crippen molar-refractivity contribution in [3.8, 4) is 11.5 Å². The van der Waals surface area contributed by atoms with Gasteiger partial charge in [-0.3, -0.25) is 9.20 Å². The third-order valence-electron chi connectivity index (χ3n) is 5.60. The molecule has 0 radical (unpaired) electrons. The minimum atomic E-state index is -0.611. The third kappa shape index (κ3) is 2.87. The Kier molecular flexibility index (Phi) is 4.15. The van der Waals surface area contributed by atoms with E-state index in [0.29, 0.717) is 30.5 Å². The Morgan fingerprint density at radius 1 is 1.00 bits per heavy atom. The fourth-order valence-electron chi connectivity index (χ4n) is 4.07. The molecule has 0 spiro atoms. The second kappa shape index (κ2) is 6.82. The summed E-state index contributed by atoms with van der Waals surface area (Å²) in [7, 11) is 0. The Labute approximate surface area is 162 Å². The first-order chi connectivity index (χ1) is 13.7. The van der Waals surface area contributed by atoms with E-state index in [1.165, 1.54) is 0 Å². The maximum Gasteiger partial charge on any atom is 0.267 e. The van der Waals surface area contributed by atoms with E-state index < -0.39 is 6.10 Å². The predicted molar refractivity (Wildman–Crippen MR) is 102 cm³/mol. The minimum Gasteiger partial charge on any atom is -0.482 e. The quantitative estimate of drug-likeness (QED) is 0.686. The number of aromatic nitrogens is 3. The van der Waals surface area contributed by atoms with Crippen LogP contribution in [0.15, 0.2) is 48.7 Å². The summed E-state index contributed by atoms with van der Waals surface area (Å²) < 4.78 is 13.9. The van der Waals surface area contributed by atoms with Crippen LogP contribution in [-0.2, 0) is 4.79 Å². The van der Waals surface area contributed by atoms with Gasteiger partial charge in [0.2, 0.25) is 6.10 Å². The molecule has 2 aliphatic rings. The van der Waals surface area contributed by atoms with Gasteiger partial charge in [0.1, 0.15) is 11.9 Å². The standard InChI is InChI=1S/C21H22N4O3/c1-14-19(28-17-7-3-2-6-16(17)27-14)21(26)24-12-9-15(10-13-24)20-23-22-18-8-4-5-11-25(18)20/h2-8,11,14-15,19H,9-10,12-13H2,1H3. The fourth-order valence-corrected chi connectivity index (χ4v) is 4.07. The van der Waals surface area contributed by atoms with Gasteiger partial charge >= 0.3 is 0 Å². The SMILES string of the molecule is CC1Oc2ccccc2OC1C(=O)N1CCC(c2nnc3ccccn23)CC1. The van der Waals surface area contributed by atoms with E-state index in [9.17, 15) is 4.79 Å². The monoisotopic (exact) mass is 378 g/mol. The normalized spacial score (nSPS) is 22.4. The van der Waals surface area contributed by atoms with Crippen LogP contribution in [0.4, 0.5) is 0 Å². The molecule has 0 saturated carbocycles.